The van der Waals surface area contributed by atoms with Crippen molar-refractivity contribution in [3.63, 3.8) is 0 Å². The average Bonchev–Trinajstić information content (AvgIpc) is 2.65. The minimum atomic E-state index is -4.44. The van der Waals surface area contributed by atoms with Crippen LogP contribution in [0.25, 0.3) is 10.9 Å². The zero-order valence-corrected chi connectivity index (χ0v) is 14.9. The van der Waals surface area contributed by atoms with Gasteiger partial charge in [-0.2, -0.15) is 13.2 Å². The number of aromatic nitrogens is 1. The number of hydrogen-bond donors (Lipinski definition) is 0. The molecular weight excluding hydrogens is 355 g/mol. The van der Waals surface area contributed by atoms with Gasteiger partial charge in [-0.15, -0.1) is 0 Å². The number of hydrogen-bond acceptors (Lipinski definition) is 3. The summed E-state index contributed by atoms with van der Waals surface area (Å²) < 4.78 is 43.8. The largest absolute Gasteiger partial charge is 0.457 e. The number of fused-ring (bicyclic) bond motifs is 1. The Balaban J connectivity index is 1.90. The summed E-state index contributed by atoms with van der Waals surface area (Å²) >= 11 is 0. The van der Waals surface area contributed by atoms with Crippen molar-refractivity contribution in [2.24, 2.45) is 0 Å². The van der Waals surface area contributed by atoms with Gasteiger partial charge in [0.1, 0.15) is 6.61 Å². The number of carbonyl (C=O) groups excluding carboxylic acids is 1. The minimum Gasteiger partial charge on any atom is -0.457 e. The van der Waals surface area contributed by atoms with E-state index in [9.17, 15) is 18.0 Å². The molecule has 0 unspecified atom stereocenters. The maximum atomic E-state index is 12.8. The van der Waals surface area contributed by atoms with Crippen LogP contribution in [0.15, 0.2) is 48.5 Å². The van der Waals surface area contributed by atoms with Gasteiger partial charge in [0.2, 0.25) is 0 Å². The summed E-state index contributed by atoms with van der Waals surface area (Å²) in [7, 11) is 0. The smallest absolute Gasteiger partial charge is 0.416 e. The van der Waals surface area contributed by atoms with Crippen LogP contribution in [0.2, 0.25) is 0 Å². The third kappa shape index (κ3) is 3.94. The number of esters is 1. The van der Waals surface area contributed by atoms with E-state index in [-0.39, 0.29) is 12.2 Å². The van der Waals surface area contributed by atoms with Crippen LogP contribution >= 0.6 is 0 Å². The summed E-state index contributed by atoms with van der Waals surface area (Å²) in [4.78, 5) is 17.3. The standard InChI is InChI=1S/C21H18F3NO2/c1-3-17-13(2)19(16-9-4-5-10-18(16)25-17)20(26)27-12-14-7-6-8-15(11-14)21(22,23)24/h4-11H,3,12H2,1-2H3. The van der Waals surface area contributed by atoms with Gasteiger partial charge in [0, 0.05) is 11.1 Å². The molecule has 0 aliphatic rings. The molecule has 0 aliphatic carbocycles. The maximum Gasteiger partial charge on any atom is 0.416 e. The molecule has 3 aromatic rings. The van der Waals surface area contributed by atoms with E-state index < -0.39 is 17.7 Å². The summed E-state index contributed by atoms with van der Waals surface area (Å²) in [6.45, 7) is 3.52. The number of alkyl halides is 3. The molecule has 1 heterocycles. The highest BCUT2D eigenvalue weighted by Crippen LogP contribution is 2.30. The number of rotatable bonds is 4. The van der Waals surface area contributed by atoms with E-state index in [4.69, 9.17) is 4.74 Å². The Labute approximate surface area is 154 Å². The third-order valence-corrected chi connectivity index (χ3v) is 4.40. The van der Waals surface area contributed by atoms with Crippen molar-refractivity contribution in [3.05, 3.63) is 76.5 Å². The first-order valence-corrected chi connectivity index (χ1v) is 8.52. The highest BCUT2D eigenvalue weighted by atomic mass is 19.4. The van der Waals surface area contributed by atoms with Crippen LogP contribution in [0.1, 0.15) is 39.7 Å². The number of benzene rings is 2. The molecule has 0 atom stereocenters. The lowest BCUT2D eigenvalue weighted by atomic mass is 10.0. The van der Waals surface area contributed by atoms with Crippen LogP contribution in [0.4, 0.5) is 13.2 Å². The molecule has 0 saturated carbocycles. The number of carbonyl (C=O) groups is 1. The fourth-order valence-electron chi connectivity index (χ4n) is 3.02. The molecule has 3 rings (SSSR count). The lowest BCUT2D eigenvalue weighted by Gasteiger charge is -2.14. The van der Waals surface area contributed by atoms with Gasteiger partial charge in [-0.25, -0.2) is 4.79 Å². The van der Waals surface area contributed by atoms with E-state index in [1.807, 2.05) is 19.1 Å². The predicted octanol–water partition coefficient (Wildman–Crippen LogP) is 5.48. The second-order valence-corrected chi connectivity index (χ2v) is 6.20. The Bertz CT molecular complexity index is 996. The Kier molecular flexibility index (Phi) is 5.17. The molecule has 0 spiro atoms. The molecule has 0 amide bonds. The van der Waals surface area contributed by atoms with E-state index in [0.29, 0.717) is 22.9 Å². The molecule has 3 nitrogen and oxygen atoms in total. The Morgan fingerprint density at radius 3 is 2.56 bits per heavy atom. The van der Waals surface area contributed by atoms with Crippen molar-refractivity contribution in [1.29, 1.82) is 0 Å². The number of halogens is 3. The molecular formula is C21H18F3NO2. The lowest BCUT2D eigenvalue weighted by molar-refractivity contribution is -0.137. The van der Waals surface area contributed by atoms with Crippen molar-refractivity contribution in [2.75, 3.05) is 0 Å². The van der Waals surface area contributed by atoms with Crippen molar-refractivity contribution in [2.45, 2.75) is 33.1 Å². The molecule has 0 fully saturated rings. The van der Waals surface area contributed by atoms with Gasteiger partial charge in [-0.3, -0.25) is 4.98 Å². The summed E-state index contributed by atoms with van der Waals surface area (Å²) in [5.74, 6) is -0.571. The normalized spacial score (nSPS) is 11.6. The first-order chi connectivity index (χ1) is 12.8. The highest BCUT2D eigenvalue weighted by Gasteiger charge is 2.30. The second-order valence-electron chi connectivity index (χ2n) is 6.20. The van der Waals surface area contributed by atoms with E-state index in [0.717, 1.165) is 23.4 Å². The molecule has 6 heteroatoms. The Morgan fingerprint density at radius 2 is 1.85 bits per heavy atom. The first-order valence-electron chi connectivity index (χ1n) is 8.52. The van der Waals surface area contributed by atoms with Gasteiger partial charge in [0.15, 0.2) is 0 Å². The fourth-order valence-corrected chi connectivity index (χ4v) is 3.02. The van der Waals surface area contributed by atoms with Crippen LogP contribution in [0.3, 0.4) is 0 Å². The van der Waals surface area contributed by atoms with Crippen molar-refractivity contribution in [3.8, 4) is 0 Å². The summed E-state index contributed by atoms with van der Waals surface area (Å²) in [6, 6.07) is 12.0. The van der Waals surface area contributed by atoms with Crippen molar-refractivity contribution >= 4 is 16.9 Å². The van der Waals surface area contributed by atoms with Crippen LogP contribution in [0.5, 0.6) is 0 Å². The van der Waals surface area contributed by atoms with Gasteiger partial charge in [-0.05, 0) is 42.7 Å². The van der Waals surface area contributed by atoms with Crippen molar-refractivity contribution < 1.29 is 22.7 Å². The summed E-state index contributed by atoms with van der Waals surface area (Å²) in [5, 5.41) is 0.668. The number of aryl methyl sites for hydroxylation is 1. The van der Waals surface area contributed by atoms with E-state index in [1.165, 1.54) is 12.1 Å². The van der Waals surface area contributed by atoms with Crippen LogP contribution in [-0.2, 0) is 23.9 Å². The minimum absolute atomic E-state index is 0.236. The van der Waals surface area contributed by atoms with Crippen LogP contribution in [-0.4, -0.2) is 11.0 Å². The van der Waals surface area contributed by atoms with Crippen LogP contribution in [0, 0.1) is 6.92 Å². The first kappa shape index (κ1) is 18.9. The van der Waals surface area contributed by atoms with E-state index in [2.05, 4.69) is 4.98 Å². The molecule has 0 bridgehead atoms. The fraction of sp³-hybridized carbons (Fsp3) is 0.238. The predicted molar refractivity (Wildman–Crippen MR) is 96.4 cm³/mol. The molecule has 0 N–H and O–H groups in total. The lowest BCUT2D eigenvalue weighted by Crippen LogP contribution is -2.11. The molecule has 1 aromatic heterocycles. The molecule has 140 valence electrons. The van der Waals surface area contributed by atoms with Crippen molar-refractivity contribution in [1.82, 2.24) is 4.98 Å². The average molecular weight is 373 g/mol. The van der Waals surface area contributed by atoms with Gasteiger partial charge in [0.25, 0.3) is 0 Å². The zero-order valence-electron chi connectivity index (χ0n) is 14.9. The summed E-state index contributed by atoms with van der Waals surface area (Å²) in [6.07, 6.45) is -3.78. The van der Waals surface area contributed by atoms with Gasteiger partial charge in [0.05, 0.1) is 16.6 Å². The third-order valence-electron chi connectivity index (χ3n) is 4.40. The Hall–Kier alpha value is -2.89. The molecule has 0 radical (unpaired) electrons. The number of ether oxygens (including phenoxy) is 1. The number of para-hydroxylation sites is 1. The molecule has 2 aromatic carbocycles. The van der Waals surface area contributed by atoms with Gasteiger partial charge < -0.3 is 4.74 Å². The number of pyridine rings is 1. The molecule has 0 aliphatic heterocycles. The number of nitrogens with zero attached hydrogens (tertiary/aromatic N) is 1. The Morgan fingerprint density at radius 1 is 1.11 bits per heavy atom. The molecule has 0 saturated heterocycles. The monoisotopic (exact) mass is 373 g/mol. The zero-order chi connectivity index (χ0) is 19.6. The van der Waals surface area contributed by atoms with Gasteiger partial charge in [-0.1, -0.05) is 37.3 Å². The summed E-state index contributed by atoms with van der Waals surface area (Å²) in [5.41, 5.74) is 2.13. The van der Waals surface area contributed by atoms with Crippen LogP contribution < -0.4 is 0 Å². The second kappa shape index (κ2) is 7.39. The SMILES string of the molecule is CCc1nc2ccccc2c(C(=O)OCc2cccc(C(F)(F)F)c2)c1C. The van der Waals surface area contributed by atoms with Gasteiger partial charge >= 0.3 is 12.1 Å². The molecule has 27 heavy (non-hydrogen) atoms. The highest BCUT2D eigenvalue weighted by molar-refractivity contribution is 6.05. The van der Waals surface area contributed by atoms with E-state index >= 15 is 0 Å². The quantitative estimate of drug-likeness (QED) is 0.569. The maximum absolute atomic E-state index is 12.8. The van der Waals surface area contributed by atoms with E-state index in [1.54, 1.807) is 19.1 Å². The topological polar surface area (TPSA) is 39.2 Å².